The highest BCUT2D eigenvalue weighted by Crippen LogP contribution is 2.33. The largest absolute Gasteiger partial charge is 0.376 e. The molecule has 2 fully saturated rings. The topological polar surface area (TPSA) is 58.6 Å². The summed E-state index contributed by atoms with van der Waals surface area (Å²) in [6.07, 6.45) is 2.52. The van der Waals surface area contributed by atoms with Gasteiger partial charge in [-0.2, -0.15) is 0 Å². The molecule has 1 N–H and O–H groups in total. The van der Waals surface area contributed by atoms with Gasteiger partial charge in [-0.15, -0.1) is 0 Å². The van der Waals surface area contributed by atoms with Crippen LogP contribution in [-0.2, 0) is 21.2 Å². The van der Waals surface area contributed by atoms with E-state index in [1.165, 1.54) is 11.8 Å². The SMILES string of the molecule is CS(=O)(=O)NC[C@@H]1CO[C@@H]2CN(CCc3ccccc3)C[C@H]12. The van der Waals surface area contributed by atoms with Gasteiger partial charge in [0.1, 0.15) is 0 Å². The molecule has 22 heavy (non-hydrogen) atoms. The van der Waals surface area contributed by atoms with Gasteiger partial charge in [-0.05, 0) is 12.0 Å². The second kappa shape index (κ2) is 6.66. The van der Waals surface area contributed by atoms with E-state index in [2.05, 4.69) is 33.9 Å². The highest BCUT2D eigenvalue weighted by Gasteiger charge is 2.43. The van der Waals surface area contributed by atoms with Crippen LogP contribution in [0.5, 0.6) is 0 Å². The van der Waals surface area contributed by atoms with Gasteiger partial charge < -0.3 is 9.64 Å². The van der Waals surface area contributed by atoms with Crippen LogP contribution in [0, 0.1) is 11.8 Å². The average Bonchev–Trinajstić information content (AvgIpc) is 3.03. The fourth-order valence-corrected chi connectivity index (χ4v) is 3.98. The molecule has 0 aromatic heterocycles. The van der Waals surface area contributed by atoms with Gasteiger partial charge >= 0.3 is 0 Å². The maximum Gasteiger partial charge on any atom is 0.208 e. The van der Waals surface area contributed by atoms with Crippen molar-refractivity contribution >= 4 is 10.0 Å². The molecule has 3 rings (SSSR count). The van der Waals surface area contributed by atoms with Gasteiger partial charge in [-0.25, -0.2) is 13.1 Å². The zero-order chi connectivity index (χ0) is 15.6. The van der Waals surface area contributed by atoms with Crippen LogP contribution in [-0.4, -0.2) is 58.5 Å². The lowest BCUT2D eigenvalue weighted by molar-refractivity contribution is 0.0955. The van der Waals surface area contributed by atoms with E-state index in [1.807, 2.05) is 6.07 Å². The third-order valence-electron chi connectivity index (χ3n) is 4.68. The molecule has 3 atom stereocenters. The lowest BCUT2D eigenvalue weighted by atomic mass is 9.93. The quantitative estimate of drug-likeness (QED) is 0.838. The molecule has 2 saturated heterocycles. The summed E-state index contributed by atoms with van der Waals surface area (Å²) in [5.74, 6) is 0.742. The number of fused-ring (bicyclic) bond motifs is 1. The first-order valence-corrected chi connectivity index (χ1v) is 9.73. The van der Waals surface area contributed by atoms with Gasteiger partial charge in [-0.3, -0.25) is 0 Å². The first kappa shape index (κ1) is 15.9. The Morgan fingerprint density at radius 3 is 2.77 bits per heavy atom. The minimum Gasteiger partial charge on any atom is -0.376 e. The van der Waals surface area contributed by atoms with Crippen LogP contribution in [0.15, 0.2) is 30.3 Å². The molecule has 1 aromatic carbocycles. The Balaban J connectivity index is 1.49. The minimum absolute atomic E-state index is 0.266. The van der Waals surface area contributed by atoms with Crippen molar-refractivity contribution < 1.29 is 13.2 Å². The number of ether oxygens (including phenoxy) is 1. The second-order valence-electron chi connectivity index (χ2n) is 6.41. The Hall–Kier alpha value is -0.950. The summed E-state index contributed by atoms with van der Waals surface area (Å²) in [5.41, 5.74) is 1.36. The molecule has 0 aliphatic carbocycles. The lowest BCUT2D eigenvalue weighted by Crippen LogP contribution is -2.33. The van der Waals surface area contributed by atoms with Crippen LogP contribution in [0.3, 0.4) is 0 Å². The molecule has 122 valence electrons. The van der Waals surface area contributed by atoms with Crippen LogP contribution in [0.25, 0.3) is 0 Å². The molecule has 2 aliphatic rings. The molecule has 0 unspecified atom stereocenters. The number of rotatable bonds is 6. The summed E-state index contributed by atoms with van der Waals surface area (Å²) in [4.78, 5) is 2.44. The summed E-state index contributed by atoms with van der Waals surface area (Å²) in [6, 6.07) is 10.5. The highest BCUT2D eigenvalue weighted by molar-refractivity contribution is 7.88. The number of likely N-dealkylation sites (tertiary alicyclic amines) is 1. The van der Waals surface area contributed by atoms with Crippen molar-refractivity contribution in [2.24, 2.45) is 11.8 Å². The molecule has 6 heteroatoms. The Bertz CT molecular complexity index is 591. The number of hydrogen-bond acceptors (Lipinski definition) is 4. The van der Waals surface area contributed by atoms with Crippen LogP contribution in [0.1, 0.15) is 5.56 Å². The van der Waals surface area contributed by atoms with E-state index in [0.29, 0.717) is 25.0 Å². The van der Waals surface area contributed by atoms with E-state index in [-0.39, 0.29) is 6.10 Å². The summed E-state index contributed by atoms with van der Waals surface area (Å²) < 4.78 is 31.0. The maximum absolute atomic E-state index is 11.2. The highest BCUT2D eigenvalue weighted by atomic mass is 32.2. The first-order valence-electron chi connectivity index (χ1n) is 7.84. The average molecular weight is 324 g/mol. The molecule has 5 nitrogen and oxygen atoms in total. The van der Waals surface area contributed by atoms with Crippen LogP contribution in [0.4, 0.5) is 0 Å². The van der Waals surface area contributed by atoms with E-state index in [4.69, 9.17) is 4.74 Å². The fraction of sp³-hybridized carbons (Fsp3) is 0.625. The molecule has 0 bridgehead atoms. The number of sulfonamides is 1. The predicted molar refractivity (Wildman–Crippen MR) is 86.2 cm³/mol. The fourth-order valence-electron chi connectivity index (χ4n) is 3.46. The van der Waals surface area contributed by atoms with Crippen molar-refractivity contribution in [1.29, 1.82) is 0 Å². The Morgan fingerprint density at radius 2 is 2.05 bits per heavy atom. The van der Waals surface area contributed by atoms with Gasteiger partial charge in [0.25, 0.3) is 0 Å². The number of nitrogens with zero attached hydrogens (tertiary/aromatic N) is 1. The summed E-state index contributed by atoms with van der Waals surface area (Å²) in [7, 11) is -3.12. The first-order chi connectivity index (χ1) is 10.5. The molecular weight excluding hydrogens is 300 g/mol. The lowest BCUT2D eigenvalue weighted by Gasteiger charge is -2.19. The minimum atomic E-state index is -3.12. The molecule has 2 heterocycles. The summed E-state index contributed by atoms with van der Waals surface area (Å²) >= 11 is 0. The van der Waals surface area contributed by atoms with E-state index in [1.54, 1.807) is 0 Å². The van der Waals surface area contributed by atoms with E-state index >= 15 is 0 Å². The van der Waals surface area contributed by atoms with Gasteiger partial charge in [-0.1, -0.05) is 30.3 Å². The zero-order valence-electron chi connectivity index (χ0n) is 12.9. The Kier molecular flexibility index (Phi) is 4.82. The molecular formula is C16H24N2O3S. The summed E-state index contributed by atoms with van der Waals surface area (Å²) in [5, 5.41) is 0. The van der Waals surface area contributed by atoms with E-state index < -0.39 is 10.0 Å². The predicted octanol–water partition coefficient (Wildman–Crippen LogP) is 0.725. The number of nitrogens with one attached hydrogen (secondary N) is 1. The van der Waals surface area contributed by atoms with Gasteiger partial charge in [0, 0.05) is 38.0 Å². The van der Waals surface area contributed by atoms with E-state index in [0.717, 1.165) is 26.1 Å². The molecule has 2 aliphatic heterocycles. The van der Waals surface area contributed by atoms with Gasteiger partial charge in [0.15, 0.2) is 0 Å². The molecule has 1 aromatic rings. The standard InChI is InChI=1S/C16H24N2O3S/c1-22(19,20)17-9-14-12-21-16-11-18(10-15(14)16)8-7-13-5-3-2-4-6-13/h2-6,14-17H,7-12H2,1H3/t14-,15-,16-/m1/s1. The van der Waals surface area contributed by atoms with Gasteiger partial charge in [0.2, 0.25) is 10.0 Å². The third-order valence-corrected chi connectivity index (χ3v) is 5.37. The monoisotopic (exact) mass is 324 g/mol. The van der Waals surface area contributed by atoms with Crippen LogP contribution >= 0.6 is 0 Å². The Labute approximate surface area is 132 Å². The summed E-state index contributed by atoms with van der Waals surface area (Å²) in [6.45, 7) is 4.17. The van der Waals surface area contributed by atoms with Crippen molar-refractivity contribution in [2.45, 2.75) is 12.5 Å². The molecule has 0 amide bonds. The maximum atomic E-state index is 11.2. The van der Waals surface area contributed by atoms with Crippen molar-refractivity contribution in [1.82, 2.24) is 9.62 Å². The number of benzene rings is 1. The van der Waals surface area contributed by atoms with Gasteiger partial charge in [0.05, 0.1) is 19.0 Å². The van der Waals surface area contributed by atoms with E-state index in [9.17, 15) is 8.42 Å². The second-order valence-corrected chi connectivity index (χ2v) is 8.24. The normalized spacial score (nSPS) is 28.9. The van der Waals surface area contributed by atoms with Crippen LogP contribution in [0.2, 0.25) is 0 Å². The molecule has 0 radical (unpaired) electrons. The molecule has 0 saturated carbocycles. The zero-order valence-corrected chi connectivity index (χ0v) is 13.8. The van der Waals surface area contributed by atoms with Crippen LogP contribution < -0.4 is 4.72 Å². The molecule has 0 spiro atoms. The van der Waals surface area contributed by atoms with Crippen molar-refractivity contribution in [2.75, 3.05) is 39.0 Å². The smallest absolute Gasteiger partial charge is 0.208 e. The van der Waals surface area contributed by atoms with Crippen molar-refractivity contribution in [3.8, 4) is 0 Å². The third kappa shape index (κ3) is 4.07. The van der Waals surface area contributed by atoms with Crippen molar-refractivity contribution in [3.05, 3.63) is 35.9 Å². The van der Waals surface area contributed by atoms with Crippen molar-refractivity contribution in [3.63, 3.8) is 0 Å². The Morgan fingerprint density at radius 1 is 1.27 bits per heavy atom. The number of hydrogen-bond donors (Lipinski definition) is 1.